The minimum Gasteiger partial charge on any atom is -0.289 e. The van der Waals surface area contributed by atoms with Crippen molar-refractivity contribution in [3.8, 4) is 0 Å². The number of benzene rings is 2. The third kappa shape index (κ3) is 6.50. The SMILES string of the molecule is CC[C@H](CCC(=O)NO)c1ccccc1C.Cc1ccccc1F. The second kappa shape index (κ2) is 10.6. The Kier molecular flexibility index (Phi) is 8.72. The molecule has 130 valence electrons. The minimum absolute atomic E-state index is 0.132. The highest BCUT2D eigenvalue weighted by Crippen LogP contribution is 2.27. The van der Waals surface area contributed by atoms with E-state index in [1.807, 2.05) is 18.2 Å². The molecule has 0 saturated heterocycles. The van der Waals surface area contributed by atoms with Gasteiger partial charge in [0.2, 0.25) is 5.91 Å². The minimum atomic E-state index is -0.313. The fourth-order valence-corrected chi connectivity index (χ4v) is 2.54. The maximum atomic E-state index is 12.3. The van der Waals surface area contributed by atoms with Crippen molar-refractivity contribution < 1.29 is 14.4 Å². The van der Waals surface area contributed by atoms with E-state index < -0.39 is 0 Å². The number of carbonyl (C=O) groups excluding carboxylic acids is 1. The molecule has 3 nitrogen and oxygen atoms in total. The van der Waals surface area contributed by atoms with E-state index in [1.165, 1.54) is 17.2 Å². The Bertz CT molecular complexity index is 622. The van der Waals surface area contributed by atoms with Gasteiger partial charge < -0.3 is 0 Å². The summed E-state index contributed by atoms with van der Waals surface area (Å²) >= 11 is 0. The molecule has 0 bridgehead atoms. The third-order valence-corrected chi connectivity index (χ3v) is 4.04. The lowest BCUT2D eigenvalue weighted by atomic mass is 9.89. The van der Waals surface area contributed by atoms with Gasteiger partial charge in [0, 0.05) is 6.42 Å². The number of nitrogens with one attached hydrogen (secondary N) is 1. The summed E-state index contributed by atoms with van der Waals surface area (Å²) in [6.45, 7) is 5.95. The molecule has 1 amide bonds. The van der Waals surface area contributed by atoms with Crippen LogP contribution >= 0.6 is 0 Å². The van der Waals surface area contributed by atoms with Gasteiger partial charge in [-0.1, -0.05) is 49.4 Å². The Labute approximate surface area is 143 Å². The van der Waals surface area contributed by atoms with Crippen molar-refractivity contribution in [3.05, 3.63) is 71.0 Å². The van der Waals surface area contributed by atoms with Crippen molar-refractivity contribution in [1.29, 1.82) is 0 Å². The average Bonchev–Trinajstić information content (AvgIpc) is 2.60. The number of carbonyl (C=O) groups is 1. The Morgan fingerprint density at radius 2 is 1.67 bits per heavy atom. The summed E-state index contributed by atoms with van der Waals surface area (Å²) in [7, 11) is 0. The molecule has 0 aliphatic carbocycles. The molecule has 2 aromatic carbocycles. The van der Waals surface area contributed by atoms with Gasteiger partial charge in [-0.25, -0.2) is 9.87 Å². The van der Waals surface area contributed by atoms with Crippen LogP contribution in [0.5, 0.6) is 0 Å². The van der Waals surface area contributed by atoms with E-state index in [9.17, 15) is 9.18 Å². The molecule has 2 aromatic rings. The quantitative estimate of drug-likeness (QED) is 0.604. The molecule has 0 unspecified atom stereocenters. The van der Waals surface area contributed by atoms with Crippen molar-refractivity contribution in [3.63, 3.8) is 0 Å². The first kappa shape index (κ1) is 19.8. The number of hydrogen-bond donors (Lipinski definition) is 2. The fourth-order valence-electron chi connectivity index (χ4n) is 2.54. The molecule has 24 heavy (non-hydrogen) atoms. The van der Waals surface area contributed by atoms with Crippen LogP contribution in [0.1, 0.15) is 48.8 Å². The Morgan fingerprint density at radius 3 is 2.12 bits per heavy atom. The van der Waals surface area contributed by atoms with Crippen LogP contribution in [0.25, 0.3) is 0 Å². The molecule has 0 aliphatic rings. The van der Waals surface area contributed by atoms with E-state index in [0.717, 1.165) is 12.8 Å². The zero-order valence-corrected chi connectivity index (χ0v) is 14.6. The highest BCUT2D eigenvalue weighted by Gasteiger charge is 2.13. The van der Waals surface area contributed by atoms with Crippen molar-refractivity contribution in [2.24, 2.45) is 0 Å². The third-order valence-electron chi connectivity index (χ3n) is 4.04. The number of amides is 1. The van der Waals surface area contributed by atoms with E-state index in [0.29, 0.717) is 17.9 Å². The van der Waals surface area contributed by atoms with Gasteiger partial charge in [-0.05, 0) is 55.4 Å². The van der Waals surface area contributed by atoms with Gasteiger partial charge in [0.15, 0.2) is 0 Å². The van der Waals surface area contributed by atoms with Gasteiger partial charge in [-0.2, -0.15) is 0 Å². The second-order valence-electron chi connectivity index (χ2n) is 5.78. The number of aryl methyl sites for hydroxylation is 2. The van der Waals surface area contributed by atoms with Crippen molar-refractivity contribution in [1.82, 2.24) is 5.48 Å². The van der Waals surface area contributed by atoms with Crippen molar-refractivity contribution >= 4 is 5.91 Å². The van der Waals surface area contributed by atoms with Crippen LogP contribution in [-0.4, -0.2) is 11.1 Å². The molecule has 4 heteroatoms. The van der Waals surface area contributed by atoms with Crippen molar-refractivity contribution in [2.75, 3.05) is 0 Å². The first-order chi connectivity index (χ1) is 11.5. The summed E-state index contributed by atoms with van der Waals surface area (Å²) in [5.74, 6) is -0.0574. The molecule has 0 aromatic heterocycles. The molecule has 0 aliphatic heterocycles. The van der Waals surface area contributed by atoms with Gasteiger partial charge in [0.25, 0.3) is 0 Å². The standard InChI is InChI=1S/C13H19NO2.C7H7F/c1-3-11(8-9-13(15)14-16)12-7-5-4-6-10(12)2;1-6-4-2-3-5-7(6)8/h4-7,11,16H,3,8-9H2,1-2H3,(H,14,15);2-5H,1H3/t11-;/m1./s1. The average molecular weight is 331 g/mol. The lowest BCUT2D eigenvalue weighted by Crippen LogP contribution is -2.19. The predicted octanol–water partition coefficient (Wildman–Crippen LogP) is 4.91. The molecule has 0 saturated carbocycles. The molecule has 0 heterocycles. The zero-order chi connectivity index (χ0) is 17.9. The number of rotatable bonds is 5. The van der Waals surface area contributed by atoms with Crippen LogP contribution in [-0.2, 0) is 4.79 Å². The first-order valence-electron chi connectivity index (χ1n) is 8.19. The van der Waals surface area contributed by atoms with Crippen LogP contribution in [0.3, 0.4) is 0 Å². The number of hydroxylamine groups is 1. The molecule has 1 atom stereocenters. The molecule has 0 radical (unpaired) electrons. The topological polar surface area (TPSA) is 49.3 Å². The summed E-state index contributed by atoms with van der Waals surface area (Å²) in [6.07, 6.45) is 2.14. The van der Waals surface area contributed by atoms with Crippen molar-refractivity contribution in [2.45, 2.75) is 46.0 Å². The van der Waals surface area contributed by atoms with E-state index in [2.05, 4.69) is 26.0 Å². The van der Waals surface area contributed by atoms with Crippen LogP contribution in [0.2, 0.25) is 0 Å². The Balaban J connectivity index is 0.000000300. The second-order valence-corrected chi connectivity index (χ2v) is 5.78. The monoisotopic (exact) mass is 331 g/mol. The number of halogens is 1. The lowest BCUT2D eigenvalue weighted by molar-refractivity contribution is -0.129. The summed E-state index contributed by atoms with van der Waals surface area (Å²) in [6, 6.07) is 14.9. The van der Waals surface area contributed by atoms with Gasteiger partial charge in [0.1, 0.15) is 5.82 Å². The molecule has 2 N–H and O–H groups in total. The van der Waals surface area contributed by atoms with Gasteiger partial charge in [0.05, 0.1) is 0 Å². The normalized spacial score (nSPS) is 11.2. The van der Waals surface area contributed by atoms with E-state index in [4.69, 9.17) is 5.21 Å². The summed E-state index contributed by atoms with van der Waals surface area (Å²) in [4.78, 5) is 11.0. The summed E-state index contributed by atoms with van der Waals surface area (Å²) in [5, 5.41) is 8.45. The van der Waals surface area contributed by atoms with Gasteiger partial charge in [-0.15, -0.1) is 0 Å². The molecule has 0 fully saturated rings. The maximum Gasteiger partial charge on any atom is 0.243 e. The fraction of sp³-hybridized carbons (Fsp3) is 0.350. The van der Waals surface area contributed by atoms with Gasteiger partial charge in [-0.3, -0.25) is 10.0 Å². The molecule has 0 spiro atoms. The zero-order valence-electron chi connectivity index (χ0n) is 14.6. The first-order valence-corrected chi connectivity index (χ1v) is 8.19. The predicted molar refractivity (Wildman–Crippen MR) is 94.5 cm³/mol. The summed E-state index contributed by atoms with van der Waals surface area (Å²) in [5.41, 5.74) is 4.94. The Hall–Kier alpha value is -2.20. The van der Waals surface area contributed by atoms with Crippen LogP contribution < -0.4 is 5.48 Å². The summed E-state index contributed by atoms with van der Waals surface area (Å²) < 4.78 is 12.3. The van der Waals surface area contributed by atoms with E-state index in [-0.39, 0.29) is 11.7 Å². The lowest BCUT2D eigenvalue weighted by Gasteiger charge is -2.17. The molecular weight excluding hydrogens is 305 g/mol. The van der Waals surface area contributed by atoms with E-state index >= 15 is 0 Å². The van der Waals surface area contributed by atoms with Crippen LogP contribution in [0, 0.1) is 19.7 Å². The molecule has 2 rings (SSSR count). The number of hydrogen-bond acceptors (Lipinski definition) is 2. The highest BCUT2D eigenvalue weighted by molar-refractivity contribution is 5.74. The Morgan fingerprint density at radius 1 is 1.08 bits per heavy atom. The highest BCUT2D eigenvalue weighted by atomic mass is 19.1. The van der Waals surface area contributed by atoms with Crippen LogP contribution in [0.15, 0.2) is 48.5 Å². The maximum absolute atomic E-state index is 12.3. The smallest absolute Gasteiger partial charge is 0.243 e. The van der Waals surface area contributed by atoms with E-state index in [1.54, 1.807) is 24.5 Å². The largest absolute Gasteiger partial charge is 0.289 e. The molecular formula is C20H26FNO2. The van der Waals surface area contributed by atoms with Crippen LogP contribution in [0.4, 0.5) is 4.39 Å². The van der Waals surface area contributed by atoms with Gasteiger partial charge >= 0.3 is 0 Å².